The maximum atomic E-state index is 14.0. The van der Waals surface area contributed by atoms with E-state index in [1.54, 1.807) is 15.8 Å². The van der Waals surface area contributed by atoms with Gasteiger partial charge in [-0.15, -0.1) is 5.10 Å². The van der Waals surface area contributed by atoms with Crippen molar-refractivity contribution in [3.8, 4) is 11.6 Å². The first-order chi connectivity index (χ1) is 13.0. The Hall–Kier alpha value is -2.81. The van der Waals surface area contributed by atoms with Crippen LogP contribution >= 0.6 is 11.6 Å². The third-order valence-electron chi connectivity index (χ3n) is 4.50. The van der Waals surface area contributed by atoms with Gasteiger partial charge in [0.05, 0.1) is 17.8 Å². The van der Waals surface area contributed by atoms with Crippen molar-refractivity contribution in [2.45, 2.75) is 25.8 Å². The van der Waals surface area contributed by atoms with Crippen LogP contribution in [0.5, 0.6) is 0 Å². The molecule has 2 aromatic heterocycles. The van der Waals surface area contributed by atoms with Crippen LogP contribution in [0, 0.1) is 5.82 Å². The quantitative estimate of drug-likeness (QED) is 0.680. The molecule has 0 spiro atoms. The molecular formula is C17H16ClFN6O2. The number of likely N-dealkylation sites (tertiary alicyclic amines) is 1. The van der Waals surface area contributed by atoms with Crippen molar-refractivity contribution in [2.24, 2.45) is 0 Å². The van der Waals surface area contributed by atoms with E-state index < -0.39 is 5.82 Å². The molecule has 1 atom stereocenters. The van der Waals surface area contributed by atoms with E-state index in [4.69, 9.17) is 16.1 Å². The smallest absolute Gasteiger partial charge is 0.280 e. The minimum atomic E-state index is -0.584. The summed E-state index contributed by atoms with van der Waals surface area (Å²) in [7, 11) is 0. The fraction of sp³-hybridized carbons (Fsp3) is 0.353. The molecule has 1 aliphatic heterocycles. The highest BCUT2D eigenvalue weighted by molar-refractivity contribution is 6.31. The van der Waals surface area contributed by atoms with Crippen molar-refractivity contribution in [2.75, 3.05) is 13.1 Å². The van der Waals surface area contributed by atoms with Gasteiger partial charge in [0.2, 0.25) is 0 Å². The summed E-state index contributed by atoms with van der Waals surface area (Å²) in [4.78, 5) is 18.4. The number of carbonyl (C=O) groups is 1. The van der Waals surface area contributed by atoms with Gasteiger partial charge in [-0.1, -0.05) is 28.9 Å². The topological polar surface area (TPSA) is 89.9 Å². The van der Waals surface area contributed by atoms with E-state index in [0.29, 0.717) is 48.4 Å². The predicted octanol–water partition coefficient (Wildman–Crippen LogP) is 2.77. The van der Waals surface area contributed by atoms with Crippen LogP contribution in [-0.4, -0.2) is 49.0 Å². The van der Waals surface area contributed by atoms with E-state index in [1.165, 1.54) is 18.2 Å². The molecule has 3 aromatic rings. The molecule has 0 aliphatic carbocycles. The Labute approximate surface area is 158 Å². The minimum Gasteiger partial charge on any atom is -0.336 e. The van der Waals surface area contributed by atoms with Gasteiger partial charge in [0.1, 0.15) is 5.82 Å². The van der Waals surface area contributed by atoms with Crippen molar-refractivity contribution in [3.05, 3.63) is 46.6 Å². The van der Waals surface area contributed by atoms with Gasteiger partial charge in [-0.2, -0.15) is 4.98 Å². The Kier molecular flexibility index (Phi) is 4.61. The average molecular weight is 391 g/mol. The van der Waals surface area contributed by atoms with Gasteiger partial charge in [0.25, 0.3) is 11.8 Å². The number of nitrogens with zero attached hydrogens (tertiary/aromatic N) is 6. The van der Waals surface area contributed by atoms with Gasteiger partial charge < -0.3 is 9.42 Å². The molecule has 1 amide bonds. The number of benzene rings is 1. The standard InChI is InChI=1S/C17H16ClFN6O2/c1-2-15-20-16(27-22-15)14-9-25(23-21-14)11-5-6-24(8-11)17(26)12-7-10(18)3-4-13(12)19/h3-4,7,9,11H,2,5-6,8H2,1H3/t11-/m0/s1. The lowest BCUT2D eigenvalue weighted by molar-refractivity contribution is 0.0782. The molecule has 0 unspecified atom stereocenters. The molecule has 3 heterocycles. The van der Waals surface area contributed by atoms with Crippen LogP contribution in [0.4, 0.5) is 4.39 Å². The van der Waals surface area contributed by atoms with Crippen LogP contribution in [0.25, 0.3) is 11.6 Å². The number of rotatable bonds is 4. The lowest BCUT2D eigenvalue weighted by Crippen LogP contribution is -2.30. The number of hydrogen-bond donors (Lipinski definition) is 0. The molecule has 1 aromatic carbocycles. The van der Waals surface area contributed by atoms with Crippen molar-refractivity contribution >= 4 is 17.5 Å². The second-order valence-corrected chi connectivity index (χ2v) is 6.71. The highest BCUT2D eigenvalue weighted by Gasteiger charge is 2.30. The van der Waals surface area contributed by atoms with E-state index in [1.807, 2.05) is 6.92 Å². The van der Waals surface area contributed by atoms with Gasteiger partial charge in [0, 0.05) is 24.5 Å². The first-order valence-electron chi connectivity index (χ1n) is 8.54. The van der Waals surface area contributed by atoms with Crippen LogP contribution in [0.15, 0.2) is 28.9 Å². The lowest BCUT2D eigenvalue weighted by atomic mass is 10.2. The molecular weight excluding hydrogens is 375 g/mol. The third kappa shape index (κ3) is 3.42. The Bertz CT molecular complexity index is 987. The number of aryl methyl sites for hydroxylation is 1. The van der Waals surface area contributed by atoms with Crippen LogP contribution < -0.4 is 0 Å². The van der Waals surface area contributed by atoms with Gasteiger partial charge in [-0.25, -0.2) is 9.07 Å². The highest BCUT2D eigenvalue weighted by Crippen LogP contribution is 2.25. The number of halogens is 2. The fourth-order valence-electron chi connectivity index (χ4n) is 3.03. The first kappa shape index (κ1) is 17.6. The number of aromatic nitrogens is 5. The van der Waals surface area contributed by atoms with Crippen molar-refractivity contribution in [1.29, 1.82) is 0 Å². The average Bonchev–Trinajstić information content (AvgIpc) is 3.41. The van der Waals surface area contributed by atoms with E-state index in [2.05, 4.69) is 20.5 Å². The third-order valence-corrected chi connectivity index (χ3v) is 4.73. The van der Waals surface area contributed by atoms with Crippen LogP contribution in [0.2, 0.25) is 5.02 Å². The minimum absolute atomic E-state index is 0.0274. The summed E-state index contributed by atoms with van der Waals surface area (Å²) in [5, 5.41) is 12.3. The second-order valence-electron chi connectivity index (χ2n) is 6.27. The van der Waals surface area contributed by atoms with Crippen LogP contribution in [0.1, 0.15) is 35.6 Å². The zero-order valence-electron chi connectivity index (χ0n) is 14.5. The second kappa shape index (κ2) is 7.07. The van der Waals surface area contributed by atoms with Gasteiger partial charge in [-0.3, -0.25) is 4.79 Å². The highest BCUT2D eigenvalue weighted by atomic mass is 35.5. The molecule has 0 N–H and O–H groups in total. The summed E-state index contributed by atoms with van der Waals surface area (Å²) in [6.45, 7) is 2.82. The van der Waals surface area contributed by atoms with Crippen molar-refractivity contribution < 1.29 is 13.7 Å². The summed E-state index contributed by atoms with van der Waals surface area (Å²) < 4.78 is 20.8. The molecule has 0 bridgehead atoms. The Morgan fingerprint density at radius 2 is 2.30 bits per heavy atom. The van der Waals surface area contributed by atoms with Gasteiger partial charge >= 0.3 is 0 Å². The number of carbonyl (C=O) groups excluding carboxylic acids is 1. The summed E-state index contributed by atoms with van der Waals surface area (Å²) in [5.41, 5.74) is 0.452. The van der Waals surface area contributed by atoms with E-state index in [-0.39, 0.29) is 17.5 Å². The molecule has 4 rings (SSSR count). The zero-order chi connectivity index (χ0) is 19.0. The SMILES string of the molecule is CCc1noc(-c2cn([C@H]3CCN(C(=O)c4cc(Cl)ccc4F)C3)nn2)n1. The Balaban J connectivity index is 1.48. The van der Waals surface area contributed by atoms with Gasteiger partial charge in [0.15, 0.2) is 11.5 Å². The van der Waals surface area contributed by atoms with Gasteiger partial charge in [-0.05, 0) is 24.6 Å². The molecule has 140 valence electrons. The molecule has 10 heteroatoms. The Morgan fingerprint density at radius 1 is 1.44 bits per heavy atom. The monoisotopic (exact) mass is 390 g/mol. The van der Waals surface area contributed by atoms with E-state index in [9.17, 15) is 9.18 Å². The number of hydrogen-bond acceptors (Lipinski definition) is 6. The normalized spacial score (nSPS) is 16.9. The molecule has 27 heavy (non-hydrogen) atoms. The molecule has 1 saturated heterocycles. The summed E-state index contributed by atoms with van der Waals surface area (Å²) >= 11 is 5.89. The predicted molar refractivity (Wildman–Crippen MR) is 93.7 cm³/mol. The maximum Gasteiger partial charge on any atom is 0.280 e. The largest absolute Gasteiger partial charge is 0.336 e. The fourth-order valence-corrected chi connectivity index (χ4v) is 3.20. The first-order valence-corrected chi connectivity index (χ1v) is 8.92. The van der Waals surface area contributed by atoms with Crippen LogP contribution in [-0.2, 0) is 6.42 Å². The Morgan fingerprint density at radius 3 is 3.07 bits per heavy atom. The summed E-state index contributed by atoms with van der Waals surface area (Å²) in [6.07, 6.45) is 3.06. The van der Waals surface area contributed by atoms with E-state index >= 15 is 0 Å². The molecule has 1 fully saturated rings. The lowest BCUT2D eigenvalue weighted by Gasteiger charge is -2.17. The maximum absolute atomic E-state index is 14.0. The summed E-state index contributed by atoms with van der Waals surface area (Å²) in [5.74, 6) is -0.0629. The van der Waals surface area contributed by atoms with E-state index in [0.717, 1.165) is 0 Å². The van der Waals surface area contributed by atoms with Crippen molar-refractivity contribution in [3.63, 3.8) is 0 Å². The molecule has 1 aliphatic rings. The molecule has 0 radical (unpaired) electrons. The van der Waals surface area contributed by atoms with Crippen LogP contribution in [0.3, 0.4) is 0 Å². The number of amides is 1. The molecule has 8 nitrogen and oxygen atoms in total. The molecule has 0 saturated carbocycles. The van der Waals surface area contributed by atoms with Crippen molar-refractivity contribution in [1.82, 2.24) is 30.0 Å². The zero-order valence-corrected chi connectivity index (χ0v) is 15.2. The summed E-state index contributed by atoms with van der Waals surface area (Å²) in [6, 6.07) is 3.90.